The van der Waals surface area contributed by atoms with Gasteiger partial charge in [0.05, 0.1) is 21.3 Å². The van der Waals surface area contributed by atoms with Gasteiger partial charge in [-0.25, -0.2) is 9.97 Å². The molecule has 1 N–H and O–H groups in total. The Balaban J connectivity index is 1.30. The molecule has 3 aromatic heterocycles. The first-order chi connectivity index (χ1) is 17.6. The minimum atomic E-state index is -0.0682. The highest BCUT2D eigenvalue weighted by Crippen LogP contribution is 2.27. The second kappa shape index (κ2) is 9.58. The van der Waals surface area contributed by atoms with E-state index in [1.165, 1.54) is 22.7 Å². The van der Waals surface area contributed by atoms with Gasteiger partial charge in [-0.05, 0) is 48.4 Å². The average Bonchev–Trinajstić information content (AvgIpc) is 3.52. The second-order valence-corrected chi connectivity index (χ2v) is 10.1. The highest BCUT2D eigenvalue weighted by atomic mass is 35.5. The molecule has 0 aliphatic carbocycles. The third-order valence-electron chi connectivity index (χ3n) is 6.06. The molecule has 6 nitrogen and oxygen atoms in total. The summed E-state index contributed by atoms with van der Waals surface area (Å²) in [6, 6.07) is 21.0. The fourth-order valence-electron chi connectivity index (χ4n) is 4.24. The van der Waals surface area contributed by atoms with Crippen molar-refractivity contribution in [3.63, 3.8) is 0 Å². The Labute approximate surface area is 220 Å². The van der Waals surface area contributed by atoms with Gasteiger partial charge < -0.3 is 4.98 Å². The van der Waals surface area contributed by atoms with Crippen molar-refractivity contribution in [1.82, 2.24) is 24.6 Å². The lowest BCUT2D eigenvalue weighted by atomic mass is 10.1. The number of benzene rings is 3. The van der Waals surface area contributed by atoms with E-state index in [-0.39, 0.29) is 11.5 Å². The van der Waals surface area contributed by atoms with Gasteiger partial charge in [-0.3, -0.25) is 4.79 Å². The van der Waals surface area contributed by atoms with Gasteiger partial charge in [-0.2, -0.15) is 4.52 Å². The second-order valence-electron chi connectivity index (χ2n) is 8.38. The van der Waals surface area contributed by atoms with Crippen LogP contribution >= 0.6 is 35.0 Å². The van der Waals surface area contributed by atoms with E-state index in [4.69, 9.17) is 38.3 Å². The number of halogens is 2. The number of nitrogens with zero attached hydrogens (tertiary/aromatic N) is 4. The maximum absolute atomic E-state index is 12.8. The van der Waals surface area contributed by atoms with Crippen molar-refractivity contribution in [2.24, 2.45) is 0 Å². The number of carbonyl (C=O) groups excluding carboxylic acids is 1. The zero-order valence-electron chi connectivity index (χ0n) is 18.9. The molecular weight excluding hydrogens is 513 g/mol. The van der Waals surface area contributed by atoms with Crippen LogP contribution in [0.15, 0.2) is 78.1 Å². The maximum Gasteiger partial charge on any atom is 0.192 e. The number of ketones is 1. The number of para-hydroxylation sites is 2. The molecule has 0 saturated heterocycles. The van der Waals surface area contributed by atoms with Gasteiger partial charge in [0, 0.05) is 34.5 Å². The van der Waals surface area contributed by atoms with Crippen molar-refractivity contribution < 1.29 is 4.79 Å². The van der Waals surface area contributed by atoms with Crippen LogP contribution in [0.3, 0.4) is 0 Å². The normalized spacial score (nSPS) is 11.6. The number of thioether (sulfide) groups is 1. The third kappa shape index (κ3) is 4.34. The number of carbonyl (C=O) groups is 1. The number of aromatic nitrogens is 5. The van der Waals surface area contributed by atoms with Crippen molar-refractivity contribution in [1.29, 1.82) is 0 Å². The van der Waals surface area contributed by atoms with Crippen LogP contribution in [0, 0.1) is 0 Å². The summed E-state index contributed by atoms with van der Waals surface area (Å²) in [5.74, 6) is 0.848. The summed E-state index contributed by atoms with van der Waals surface area (Å²) < 4.78 is 1.75. The average molecular weight is 532 g/mol. The lowest BCUT2D eigenvalue weighted by molar-refractivity contribution is 0.102. The number of hydrogen-bond donors (Lipinski definition) is 1. The molecule has 0 bridgehead atoms. The quantitative estimate of drug-likeness (QED) is 0.139. The lowest BCUT2D eigenvalue weighted by Crippen LogP contribution is -2.05. The Morgan fingerprint density at radius 1 is 0.917 bits per heavy atom. The number of rotatable bonds is 7. The Morgan fingerprint density at radius 2 is 1.72 bits per heavy atom. The van der Waals surface area contributed by atoms with E-state index in [9.17, 15) is 4.79 Å². The molecule has 0 aliphatic heterocycles. The van der Waals surface area contributed by atoms with Crippen molar-refractivity contribution >= 4 is 68.2 Å². The molecule has 0 atom stereocenters. The first-order valence-electron chi connectivity index (χ1n) is 11.4. The molecule has 9 heteroatoms. The summed E-state index contributed by atoms with van der Waals surface area (Å²) in [6.07, 6.45) is 3.54. The largest absolute Gasteiger partial charge is 0.361 e. The van der Waals surface area contributed by atoms with Crippen LogP contribution in [0.1, 0.15) is 21.7 Å². The van der Waals surface area contributed by atoms with E-state index < -0.39 is 0 Å². The van der Waals surface area contributed by atoms with Crippen LogP contribution in [0.4, 0.5) is 0 Å². The lowest BCUT2D eigenvalue weighted by Gasteiger charge is -2.06. The molecule has 0 fully saturated rings. The van der Waals surface area contributed by atoms with Gasteiger partial charge in [0.25, 0.3) is 0 Å². The fourth-order valence-corrected chi connectivity index (χ4v) is 5.38. The minimum Gasteiger partial charge on any atom is -0.361 e. The first-order valence-corrected chi connectivity index (χ1v) is 13.1. The molecule has 0 radical (unpaired) electrons. The summed E-state index contributed by atoms with van der Waals surface area (Å²) in [5.41, 5.74) is 4.40. The molecular formula is C27H19Cl2N5OS. The molecule has 0 spiro atoms. The summed E-state index contributed by atoms with van der Waals surface area (Å²) in [4.78, 5) is 25.8. The molecule has 6 aromatic rings. The SMILES string of the molecule is O=C(CSc1nc2ccccc2c2nc(CCc3c[nH]c4ccccc34)nn12)c1ccc(Cl)c(Cl)c1. The minimum absolute atomic E-state index is 0.0682. The number of Topliss-reactive ketones (excluding diaryl/α,β-unsaturated/α-hetero) is 1. The molecule has 0 amide bonds. The zero-order chi connectivity index (χ0) is 24.6. The highest BCUT2D eigenvalue weighted by Gasteiger charge is 2.16. The number of H-pyrrole nitrogens is 1. The predicted molar refractivity (Wildman–Crippen MR) is 146 cm³/mol. The van der Waals surface area contributed by atoms with Crippen LogP contribution in [0.5, 0.6) is 0 Å². The smallest absolute Gasteiger partial charge is 0.192 e. The molecule has 0 aliphatic rings. The maximum atomic E-state index is 12.8. The van der Waals surface area contributed by atoms with Gasteiger partial charge in [0.1, 0.15) is 0 Å². The summed E-state index contributed by atoms with van der Waals surface area (Å²) in [5, 5.41) is 8.30. The highest BCUT2D eigenvalue weighted by molar-refractivity contribution is 7.99. The molecule has 178 valence electrons. The van der Waals surface area contributed by atoms with Crippen molar-refractivity contribution in [3.05, 3.63) is 99.9 Å². The molecule has 0 unspecified atom stereocenters. The van der Waals surface area contributed by atoms with E-state index in [1.807, 2.05) is 42.6 Å². The first kappa shape index (κ1) is 23.0. The van der Waals surface area contributed by atoms with Crippen LogP contribution in [-0.4, -0.2) is 36.1 Å². The van der Waals surface area contributed by atoms with Crippen LogP contribution in [-0.2, 0) is 12.8 Å². The number of nitrogens with one attached hydrogen (secondary N) is 1. The predicted octanol–water partition coefficient (Wildman–Crippen LogP) is 6.83. The van der Waals surface area contributed by atoms with Crippen LogP contribution in [0.2, 0.25) is 10.0 Å². The van der Waals surface area contributed by atoms with Crippen LogP contribution in [0.25, 0.3) is 27.5 Å². The van der Waals surface area contributed by atoms with Gasteiger partial charge in [-0.1, -0.05) is 65.3 Å². The zero-order valence-corrected chi connectivity index (χ0v) is 21.2. The van der Waals surface area contributed by atoms with Gasteiger partial charge in [-0.15, -0.1) is 5.10 Å². The van der Waals surface area contributed by atoms with Crippen molar-refractivity contribution in [2.75, 3.05) is 5.75 Å². The van der Waals surface area contributed by atoms with Crippen molar-refractivity contribution in [2.45, 2.75) is 18.0 Å². The Kier molecular flexibility index (Phi) is 6.13. The molecule has 0 saturated carbocycles. The van der Waals surface area contributed by atoms with Gasteiger partial charge in [0.15, 0.2) is 22.4 Å². The molecule has 6 rings (SSSR count). The van der Waals surface area contributed by atoms with E-state index in [2.05, 4.69) is 17.1 Å². The Morgan fingerprint density at radius 3 is 2.58 bits per heavy atom. The Bertz CT molecular complexity index is 1760. The third-order valence-corrected chi connectivity index (χ3v) is 7.73. The number of hydrogen-bond acceptors (Lipinski definition) is 5. The van der Waals surface area contributed by atoms with Crippen LogP contribution < -0.4 is 0 Å². The molecule has 36 heavy (non-hydrogen) atoms. The molecule has 3 heterocycles. The standard InChI is InChI=1S/C27H19Cl2N5OS/c28-20-11-9-16(13-21(20)29)24(35)15-36-27-31-23-8-4-2-6-19(23)26-32-25(33-34(26)27)12-10-17-14-30-22-7-3-1-5-18(17)22/h1-9,11,13-14,30H,10,12,15H2. The number of aromatic amines is 1. The van der Waals surface area contributed by atoms with Crippen molar-refractivity contribution in [3.8, 4) is 0 Å². The monoisotopic (exact) mass is 531 g/mol. The summed E-state index contributed by atoms with van der Waals surface area (Å²) >= 11 is 13.4. The molecule has 3 aromatic carbocycles. The van der Waals surface area contributed by atoms with E-state index in [1.54, 1.807) is 22.7 Å². The number of aryl methyl sites for hydroxylation is 2. The topological polar surface area (TPSA) is 75.9 Å². The van der Waals surface area contributed by atoms with E-state index >= 15 is 0 Å². The fraction of sp³-hybridized carbons (Fsp3) is 0.111. The number of fused-ring (bicyclic) bond motifs is 4. The van der Waals surface area contributed by atoms with E-state index in [0.717, 1.165) is 34.3 Å². The Hall–Kier alpha value is -3.39. The van der Waals surface area contributed by atoms with Gasteiger partial charge >= 0.3 is 0 Å². The summed E-state index contributed by atoms with van der Waals surface area (Å²) in [7, 11) is 0. The van der Waals surface area contributed by atoms with Gasteiger partial charge in [0.2, 0.25) is 0 Å². The van der Waals surface area contributed by atoms with E-state index in [0.29, 0.717) is 27.2 Å². The summed E-state index contributed by atoms with van der Waals surface area (Å²) in [6.45, 7) is 0.